The lowest BCUT2D eigenvalue weighted by Crippen LogP contribution is -3.00. The molecule has 1 aromatic rings. The van der Waals surface area contributed by atoms with E-state index in [0.29, 0.717) is 5.82 Å². The summed E-state index contributed by atoms with van der Waals surface area (Å²) in [5.41, 5.74) is 0.887. The molecule has 0 fully saturated rings. The van der Waals surface area contributed by atoms with Gasteiger partial charge >= 0.3 is 5.82 Å². The smallest absolute Gasteiger partial charge is 0.487 e. The van der Waals surface area contributed by atoms with E-state index in [0.717, 1.165) is 5.69 Å². The fraction of sp³-hybridized carbons (Fsp3) is 0.250. The molecule has 5 heteroatoms. The Morgan fingerprint density at radius 1 is 1.78 bits per heavy atom. The van der Waals surface area contributed by atoms with Gasteiger partial charge in [-0.25, -0.2) is 0 Å². The molecule has 0 bridgehead atoms. The van der Waals surface area contributed by atoms with Crippen LogP contribution in [0.2, 0.25) is 0 Å². The van der Waals surface area contributed by atoms with Gasteiger partial charge in [0.2, 0.25) is 0 Å². The predicted molar refractivity (Wildman–Crippen MR) is 28.1 cm³/mol. The highest BCUT2D eigenvalue weighted by molar-refractivity contribution is 5.34. The van der Waals surface area contributed by atoms with Gasteiger partial charge in [-0.3, -0.25) is 0 Å². The first-order valence-electron chi connectivity index (χ1n) is 2.20. The molecule has 48 valence electrons. The van der Waals surface area contributed by atoms with Crippen molar-refractivity contribution < 1.29 is 12.4 Å². The molecule has 0 aliphatic carbocycles. The Morgan fingerprint density at radius 2 is 2.44 bits per heavy atom. The van der Waals surface area contributed by atoms with E-state index in [1.165, 1.54) is 0 Å². The second kappa shape index (κ2) is 3.05. The highest BCUT2D eigenvalue weighted by Crippen LogP contribution is 2.05. The fourth-order valence-electron chi connectivity index (χ4n) is 0.455. The molecule has 0 unspecified atom stereocenters. The minimum absolute atomic E-state index is 0. The Morgan fingerprint density at radius 3 is 2.67 bits per heavy atom. The lowest BCUT2D eigenvalue weighted by Gasteiger charge is -1.62. The third-order valence-corrected chi connectivity index (χ3v) is 0.795. The number of hydrogen-bond acceptors (Lipinski definition) is 2. The summed E-state index contributed by atoms with van der Waals surface area (Å²) in [7, 11) is 0. The van der Waals surface area contributed by atoms with Crippen molar-refractivity contribution in [3.8, 4) is 0 Å². The largest absolute Gasteiger partial charge is 1.00 e. The maximum Gasteiger partial charge on any atom is 0.487 e. The van der Waals surface area contributed by atoms with Gasteiger partial charge < -0.3 is 12.4 Å². The van der Waals surface area contributed by atoms with E-state index < -0.39 is 0 Å². The van der Waals surface area contributed by atoms with Gasteiger partial charge in [0.15, 0.2) is 0 Å². The van der Waals surface area contributed by atoms with Gasteiger partial charge in [0.1, 0.15) is 0 Å². The molecule has 0 spiro atoms. The quantitative estimate of drug-likeness (QED) is 0.437. The highest BCUT2D eigenvalue weighted by Gasteiger charge is 2.05. The van der Waals surface area contributed by atoms with Crippen molar-refractivity contribution in [2.75, 3.05) is 0 Å². The SMILES string of the molecule is Cc1cc([N+]#N)n[nH]1.[Cl-]. The third kappa shape index (κ3) is 1.70. The average Bonchev–Trinajstić information content (AvgIpc) is 2.14. The molecule has 0 atom stereocenters. The minimum atomic E-state index is 0. The lowest BCUT2D eigenvalue weighted by atomic mass is 10.5. The van der Waals surface area contributed by atoms with E-state index >= 15 is 0 Å². The van der Waals surface area contributed by atoms with Crippen LogP contribution in [-0.2, 0) is 0 Å². The molecule has 1 aromatic heterocycles. The molecular formula is C4H5ClN4. The van der Waals surface area contributed by atoms with Gasteiger partial charge in [-0.15, -0.1) is 0 Å². The number of nitrogens with zero attached hydrogens (tertiary/aromatic N) is 3. The number of aryl methyl sites for hydroxylation is 1. The van der Waals surface area contributed by atoms with Crippen molar-refractivity contribution in [1.82, 2.24) is 10.2 Å². The maximum atomic E-state index is 8.09. The van der Waals surface area contributed by atoms with Crippen LogP contribution in [0.25, 0.3) is 4.98 Å². The summed E-state index contributed by atoms with van der Waals surface area (Å²) in [6.07, 6.45) is 0. The maximum absolute atomic E-state index is 8.09. The monoisotopic (exact) mass is 144 g/mol. The normalized spacial score (nSPS) is 7.56. The van der Waals surface area contributed by atoms with E-state index in [2.05, 4.69) is 15.2 Å². The first-order chi connectivity index (χ1) is 3.83. The Kier molecular flexibility index (Phi) is 2.68. The van der Waals surface area contributed by atoms with Crippen LogP contribution in [-0.4, -0.2) is 10.2 Å². The molecule has 0 saturated heterocycles. The Labute approximate surface area is 58.3 Å². The molecule has 0 aliphatic heterocycles. The van der Waals surface area contributed by atoms with Crippen molar-refractivity contribution >= 4 is 5.82 Å². The van der Waals surface area contributed by atoms with Crippen LogP contribution in [0.1, 0.15) is 5.69 Å². The summed E-state index contributed by atoms with van der Waals surface area (Å²) in [5.74, 6) is 0.322. The van der Waals surface area contributed by atoms with Crippen molar-refractivity contribution in [2.24, 2.45) is 0 Å². The summed E-state index contributed by atoms with van der Waals surface area (Å²) in [4.78, 5) is 2.85. The zero-order valence-electron chi connectivity index (χ0n) is 4.80. The molecule has 0 amide bonds. The van der Waals surface area contributed by atoms with Crippen LogP contribution in [0, 0.1) is 12.3 Å². The molecule has 1 N–H and O–H groups in total. The van der Waals surface area contributed by atoms with Gasteiger partial charge in [0.25, 0.3) is 0 Å². The summed E-state index contributed by atoms with van der Waals surface area (Å²) in [5, 5.41) is 14.3. The summed E-state index contributed by atoms with van der Waals surface area (Å²) in [6.45, 7) is 1.84. The van der Waals surface area contributed by atoms with Gasteiger partial charge in [0.05, 0.1) is 22.3 Å². The van der Waals surface area contributed by atoms with E-state index in [-0.39, 0.29) is 12.4 Å². The zero-order chi connectivity index (χ0) is 5.98. The van der Waals surface area contributed by atoms with Crippen molar-refractivity contribution in [2.45, 2.75) is 6.92 Å². The Balaban J connectivity index is 0.000000640. The van der Waals surface area contributed by atoms with E-state index in [9.17, 15) is 0 Å². The predicted octanol–water partition coefficient (Wildman–Crippen LogP) is -1.79. The zero-order valence-corrected chi connectivity index (χ0v) is 5.55. The summed E-state index contributed by atoms with van der Waals surface area (Å²) in [6, 6.07) is 1.64. The van der Waals surface area contributed by atoms with Crippen LogP contribution >= 0.6 is 0 Å². The first kappa shape index (κ1) is 7.92. The first-order valence-corrected chi connectivity index (χ1v) is 2.20. The van der Waals surface area contributed by atoms with Crippen LogP contribution in [0.5, 0.6) is 0 Å². The van der Waals surface area contributed by atoms with Gasteiger partial charge in [-0.1, -0.05) is 0 Å². The topological polar surface area (TPSA) is 56.8 Å². The number of H-pyrrole nitrogens is 1. The summed E-state index contributed by atoms with van der Waals surface area (Å²) >= 11 is 0. The molecule has 4 nitrogen and oxygen atoms in total. The number of diazo groups is 1. The van der Waals surface area contributed by atoms with E-state index in [1.807, 2.05) is 6.92 Å². The number of hydrogen-bond donors (Lipinski definition) is 1. The standard InChI is InChI=1S/C4H5N4.ClH/c1-3-2-4(6-5)8-7-3;/h2H,1H3,(H,7,8);1H/q+1;/p-1. The molecule has 0 saturated carbocycles. The van der Waals surface area contributed by atoms with Crippen molar-refractivity contribution in [3.63, 3.8) is 0 Å². The van der Waals surface area contributed by atoms with Gasteiger partial charge in [-0.2, -0.15) is 5.10 Å². The lowest BCUT2D eigenvalue weighted by molar-refractivity contribution is -0.00000211. The second-order valence-corrected chi connectivity index (χ2v) is 1.51. The molecule has 0 aromatic carbocycles. The number of rotatable bonds is 0. The minimum Gasteiger partial charge on any atom is -1.00 e. The van der Waals surface area contributed by atoms with Crippen LogP contribution in [0.15, 0.2) is 6.07 Å². The van der Waals surface area contributed by atoms with Gasteiger partial charge in [0, 0.05) is 4.98 Å². The third-order valence-electron chi connectivity index (χ3n) is 0.795. The highest BCUT2D eigenvalue weighted by atomic mass is 35.5. The Hall–Kier alpha value is -1.08. The molecule has 9 heavy (non-hydrogen) atoms. The van der Waals surface area contributed by atoms with E-state index in [1.54, 1.807) is 6.07 Å². The summed E-state index contributed by atoms with van der Waals surface area (Å²) < 4.78 is 0. The van der Waals surface area contributed by atoms with Crippen LogP contribution in [0.4, 0.5) is 5.82 Å². The Bertz CT molecular complexity index is 223. The van der Waals surface area contributed by atoms with Gasteiger partial charge in [-0.05, 0) is 6.92 Å². The van der Waals surface area contributed by atoms with Crippen molar-refractivity contribution in [1.29, 1.82) is 5.39 Å². The van der Waals surface area contributed by atoms with E-state index in [4.69, 9.17) is 5.39 Å². The van der Waals surface area contributed by atoms with Crippen LogP contribution in [0.3, 0.4) is 0 Å². The van der Waals surface area contributed by atoms with Crippen molar-refractivity contribution in [3.05, 3.63) is 16.7 Å². The number of halogens is 1. The molecule has 0 aliphatic rings. The number of aromatic nitrogens is 2. The number of nitrogens with one attached hydrogen (secondary N) is 1. The number of aromatic amines is 1. The fourth-order valence-corrected chi connectivity index (χ4v) is 0.455. The molecule has 0 radical (unpaired) electrons. The molecule has 1 rings (SSSR count). The second-order valence-electron chi connectivity index (χ2n) is 1.51. The molecular weight excluding hydrogens is 140 g/mol. The average molecular weight is 145 g/mol. The molecule has 1 heterocycles. The van der Waals surface area contributed by atoms with Crippen LogP contribution < -0.4 is 12.4 Å².